The molecule has 1 saturated heterocycles. The van der Waals surface area contributed by atoms with E-state index in [2.05, 4.69) is 20.1 Å². The molecule has 0 saturated carbocycles. The number of sulfone groups is 1. The zero-order valence-corrected chi connectivity index (χ0v) is 18.9. The number of hydrogen-bond donors (Lipinski definition) is 2. The highest BCUT2D eigenvalue weighted by Gasteiger charge is 2.21. The van der Waals surface area contributed by atoms with Gasteiger partial charge in [-0.2, -0.15) is 0 Å². The van der Waals surface area contributed by atoms with Crippen LogP contribution in [0.15, 0.2) is 29.3 Å². The maximum Gasteiger partial charge on any atom is 0.193 e. The summed E-state index contributed by atoms with van der Waals surface area (Å²) in [5.74, 6) is 1.14. The van der Waals surface area contributed by atoms with Gasteiger partial charge in [0.2, 0.25) is 0 Å². The lowest BCUT2D eigenvalue weighted by Gasteiger charge is -2.37. The lowest BCUT2D eigenvalue weighted by Crippen LogP contribution is -2.53. The Labute approximate surface area is 178 Å². The SMILES string of the molecule is CN=C(NCCOCCS(C)(=O)=O)N1CCN(c2ccccc2O)CC1.I. The van der Waals surface area contributed by atoms with Gasteiger partial charge in [0.15, 0.2) is 5.96 Å². The van der Waals surface area contributed by atoms with Crippen molar-refractivity contribution in [3.8, 4) is 5.75 Å². The topological polar surface area (TPSA) is 94.5 Å². The van der Waals surface area contributed by atoms with E-state index in [0.717, 1.165) is 37.8 Å². The lowest BCUT2D eigenvalue weighted by molar-refractivity contribution is 0.153. The Bertz CT molecular complexity index is 707. The first-order valence-electron chi connectivity index (χ1n) is 8.65. The molecule has 1 heterocycles. The number of phenolic OH excluding ortho intramolecular Hbond substituents is 1. The number of aromatic hydroxyl groups is 1. The number of benzene rings is 1. The van der Waals surface area contributed by atoms with Crippen molar-refractivity contribution in [3.05, 3.63) is 24.3 Å². The Morgan fingerprint density at radius 3 is 2.48 bits per heavy atom. The maximum atomic E-state index is 11.0. The highest BCUT2D eigenvalue weighted by Crippen LogP contribution is 2.27. The molecule has 0 amide bonds. The number of phenols is 1. The van der Waals surface area contributed by atoms with Gasteiger partial charge < -0.3 is 25.0 Å². The zero-order chi connectivity index (χ0) is 19.0. The van der Waals surface area contributed by atoms with Crippen molar-refractivity contribution < 1.29 is 18.3 Å². The average molecular weight is 512 g/mol. The minimum Gasteiger partial charge on any atom is -0.506 e. The molecular weight excluding hydrogens is 483 g/mol. The number of nitrogens with zero attached hydrogens (tertiary/aromatic N) is 3. The summed E-state index contributed by atoms with van der Waals surface area (Å²) < 4.78 is 27.4. The number of nitrogens with one attached hydrogen (secondary N) is 1. The zero-order valence-electron chi connectivity index (χ0n) is 15.8. The Morgan fingerprint density at radius 2 is 1.89 bits per heavy atom. The van der Waals surface area contributed by atoms with Crippen LogP contribution in [-0.4, -0.2) is 89.4 Å². The molecule has 0 aliphatic carbocycles. The van der Waals surface area contributed by atoms with Gasteiger partial charge in [0.25, 0.3) is 0 Å². The van der Waals surface area contributed by atoms with E-state index in [1.54, 1.807) is 13.1 Å². The predicted molar refractivity (Wildman–Crippen MR) is 119 cm³/mol. The molecule has 0 atom stereocenters. The van der Waals surface area contributed by atoms with Crippen molar-refractivity contribution in [1.82, 2.24) is 10.2 Å². The molecule has 1 aliphatic heterocycles. The minimum atomic E-state index is -2.98. The molecule has 2 rings (SSSR count). The smallest absolute Gasteiger partial charge is 0.193 e. The largest absolute Gasteiger partial charge is 0.506 e. The average Bonchev–Trinajstić information content (AvgIpc) is 2.61. The molecule has 154 valence electrons. The predicted octanol–water partition coefficient (Wildman–Crippen LogP) is 0.769. The van der Waals surface area contributed by atoms with Crippen LogP contribution in [0.4, 0.5) is 5.69 Å². The fraction of sp³-hybridized carbons (Fsp3) is 0.588. The summed E-state index contributed by atoms with van der Waals surface area (Å²) in [7, 11) is -1.24. The normalized spacial score (nSPS) is 15.4. The van der Waals surface area contributed by atoms with Gasteiger partial charge in [0.1, 0.15) is 15.6 Å². The Balaban J connectivity index is 0.00000364. The molecule has 8 nitrogen and oxygen atoms in total. The van der Waals surface area contributed by atoms with Crippen LogP contribution >= 0.6 is 24.0 Å². The molecule has 1 aromatic carbocycles. The van der Waals surface area contributed by atoms with Gasteiger partial charge in [-0.25, -0.2) is 8.42 Å². The molecule has 10 heteroatoms. The van der Waals surface area contributed by atoms with Crippen LogP contribution in [0.25, 0.3) is 0 Å². The minimum absolute atomic E-state index is 0. The molecular formula is C17H29IN4O4S. The summed E-state index contributed by atoms with van der Waals surface area (Å²) >= 11 is 0. The highest BCUT2D eigenvalue weighted by molar-refractivity contribution is 14.0. The maximum absolute atomic E-state index is 11.0. The monoisotopic (exact) mass is 512 g/mol. The van der Waals surface area contributed by atoms with Gasteiger partial charge in [-0.1, -0.05) is 12.1 Å². The second kappa shape index (κ2) is 11.5. The Morgan fingerprint density at radius 1 is 1.22 bits per heavy atom. The number of anilines is 1. The first-order chi connectivity index (χ1) is 12.4. The quantitative estimate of drug-likeness (QED) is 0.241. The summed E-state index contributed by atoms with van der Waals surface area (Å²) in [6.07, 6.45) is 1.20. The van der Waals surface area contributed by atoms with Crippen molar-refractivity contribution in [2.24, 2.45) is 4.99 Å². The number of aliphatic imine (C=N–C) groups is 1. The third-order valence-corrected chi connectivity index (χ3v) is 5.05. The summed E-state index contributed by atoms with van der Waals surface area (Å²) in [5, 5.41) is 13.2. The van der Waals surface area contributed by atoms with Gasteiger partial charge in [-0.15, -0.1) is 24.0 Å². The summed E-state index contributed by atoms with van der Waals surface area (Å²) in [6, 6.07) is 7.36. The Hall–Kier alpha value is -1.27. The van der Waals surface area contributed by atoms with Crippen LogP contribution in [0.1, 0.15) is 0 Å². The van der Waals surface area contributed by atoms with E-state index in [-0.39, 0.29) is 36.3 Å². The van der Waals surface area contributed by atoms with Crippen molar-refractivity contribution in [3.63, 3.8) is 0 Å². The van der Waals surface area contributed by atoms with Gasteiger partial charge in [-0.05, 0) is 12.1 Å². The second-order valence-corrected chi connectivity index (χ2v) is 8.44. The van der Waals surface area contributed by atoms with E-state index >= 15 is 0 Å². The second-order valence-electron chi connectivity index (χ2n) is 6.18. The first kappa shape index (κ1) is 23.8. The molecule has 2 N–H and O–H groups in total. The van der Waals surface area contributed by atoms with Gasteiger partial charge >= 0.3 is 0 Å². The first-order valence-corrected chi connectivity index (χ1v) is 10.7. The van der Waals surface area contributed by atoms with Crippen molar-refractivity contribution >= 4 is 45.5 Å². The fourth-order valence-corrected chi connectivity index (χ4v) is 3.19. The third kappa shape index (κ3) is 8.09. The number of guanidine groups is 1. The molecule has 0 spiro atoms. The molecule has 27 heavy (non-hydrogen) atoms. The van der Waals surface area contributed by atoms with Crippen LogP contribution in [0.3, 0.4) is 0 Å². The van der Waals surface area contributed by atoms with Crippen LogP contribution in [0, 0.1) is 0 Å². The Kier molecular flexibility index (Phi) is 10.2. The molecule has 1 fully saturated rings. The molecule has 0 unspecified atom stereocenters. The van der Waals surface area contributed by atoms with E-state index in [1.165, 1.54) is 6.26 Å². The number of rotatable bonds is 7. The third-order valence-electron chi connectivity index (χ3n) is 4.14. The number of para-hydroxylation sites is 2. The van der Waals surface area contributed by atoms with Crippen molar-refractivity contribution in [1.29, 1.82) is 0 Å². The van der Waals surface area contributed by atoms with Gasteiger partial charge in [-0.3, -0.25) is 4.99 Å². The standard InChI is InChI=1S/C17H28N4O4S.HI/c1-18-17(19-7-12-25-13-14-26(2,23)24)21-10-8-20(9-11-21)15-5-3-4-6-16(15)22;/h3-6,22H,7-14H2,1-2H3,(H,18,19);1H. The van der Waals surface area contributed by atoms with E-state index in [4.69, 9.17) is 4.74 Å². The van der Waals surface area contributed by atoms with Crippen LogP contribution < -0.4 is 10.2 Å². The number of ether oxygens (including phenoxy) is 1. The molecule has 0 bridgehead atoms. The van der Waals surface area contributed by atoms with Crippen LogP contribution in [0.2, 0.25) is 0 Å². The van der Waals surface area contributed by atoms with E-state index in [9.17, 15) is 13.5 Å². The number of piperazine rings is 1. The van der Waals surface area contributed by atoms with Crippen LogP contribution in [-0.2, 0) is 14.6 Å². The van der Waals surface area contributed by atoms with E-state index in [1.807, 2.05) is 18.2 Å². The highest BCUT2D eigenvalue weighted by atomic mass is 127. The summed E-state index contributed by atoms with van der Waals surface area (Å²) in [6.45, 7) is 4.37. The van der Waals surface area contributed by atoms with E-state index in [0.29, 0.717) is 18.9 Å². The summed E-state index contributed by atoms with van der Waals surface area (Å²) in [4.78, 5) is 8.62. The summed E-state index contributed by atoms with van der Waals surface area (Å²) in [5.41, 5.74) is 0.856. The van der Waals surface area contributed by atoms with Gasteiger partial charge in [0.05, 0.1) is 24.7 Å². The molecule has 0 aromatic heterocycles. The molecule has 0 radical (unpaired) electrons. The lowest BCUT2D eigenvalue weighted by atomic mass is 10.2. The molecule has 1 aromatic rings. The number of hydrogen-bond acceptors (Lipinski definition) is 6. The van der Waals surface area contributed by atoms with E-state index < -0.39 is 9.84 Å². The van der Waals surface area contributed by atoms with Crippen molar-refractivity contribution in [2.75, 3.05) is 69.9 Å². The van der Waals surface area contributed by atoms with Crippen LogP contribution in [0.5, 0.6) is 5.75 Å². The fourth-order valence-electron chi connectivity index (χ4n) is 2.77. The van der Waals surface area contributed by atoms with Gasteiger partial charge in [0, 0.05) is 46.0 Å². The number of halogens is 1. The van der Waals surface area contributed by atoms with Crippen molar-refractivity contribution in [2.45, 2.75) is 0 Å². The molecule has 1 aliphatic rings.